The molecule has 0 aromatic rings. The fourth-order valence-electron chi connectivity index (χ4n) is 3.39. The van der Waals surface area contributed by atoms with E-state index in [1.54, 1.807) is 0 Å². The van der Waals surface area contributed by atoms with Gasteiger partial charge < -0.3 is 5.32 Å². The maximum Gasteiger partial charge on any atom is 0.154 e. The van der Waals surface area contributed by atoms with Crippen LogP contribution in [-0.4, -0.2) is 55.5 Å². The van der Waals surface area contributed by atoms with E-state index in [4.69, 9.17) is 0 Å². The van der Waals surface area contributed by atoms with Crippen LogP contribution in [0.2, 0.25) is 0 Å². The lowest BCUT2D eigenvalue weighted by Gasteiger charge is -2.47. The number of hydrogen-bond donors (Lipinski definition) is 1. The minimum absolute atomic E-state index is 0.125. The summed E-state index contributed by atoms with van der Waals surface area (Å²) in [6, 6.07) is 0.432. The molecule has 5 heteroatoms. The van der Waals surface area contributed by atoms with Gasteiger partial charge in [0.2, 0.25) is 0 Å². The lowest BCUT2D eigenvalue weighted by molar-refractivity contribution is 0.0806. The van der Waals surface area contributed by atoms with Gasteiger partial charge in [-0.1, -0.05) is 13.8 Å². The smallest absolute Gasteiger partial charge is 0.154 e. The van der Waals surface area contributed by atoms with Crippen molar-refractivity contribution in [1.29, 1.82) is 0 Å². The van der Waals surface area contributed by atoms with E-state index in [2.05, 4.69) is 31.0 Å². The second kappa shape index (κ2) is 5.70. The topological polar surface area (TPSA) is 49.4 Å². The molecule has 0 aromatic carbocycles. The Balaban J connectivity index is 2.06. The van der Waals surface area contributed by atoms with Gasteiger partial charge in [0.1, 0.15) is 0 Å². The molecule has 0 saturated carbocycles. The Morgan fingerprint density at radius 3 is 2.53 bits per heavy atom. The second-order valence-electron chi connectivity index (χ2n) is 6.28. The van der Waals surface area contributed by atoms with Gasteiger partial charge in [-0.2, -0.15) is 0 Å². The van der Waals surface area contributed by atoms with Crippen molar-refractivity contribution in [2.24, 2.45) is 0 Å². The molecule has 0 amide bonds. The summed E-state index contributed by atoms with van der Waals surface area (Å²) >= 11 is 0. The van der Waals surface area contributed by atoms with Gasteiger partial charge in [0, 0.05) is 31.2 Å². The molecule has 2 unspecified atom stereocenters. The summed E-state index contributed by atoms with van der Waals surface area (Å²) in [6.45, 7) is 9.31. The molecule has 0 radical (unpaired) electrons. The van der Waals surface area contributed by atoms with Gasteiger partial charge >= 0.3 is 0 Å². The van der Waals surface area contributed by atoms with Crippen LogP contribution < -0.4 is 5.32 Å². The Hall–Kier alpha value is -0.130. The largest absolute Gasteiger partial charge is 0.308 e. The lowest BCUT2D eigenvalue weighted by Crippen LogP contribution is -2.64. The quantitative estimate of drug-likeness (QED) is 0.850. The van der Waals surface area contributed by atoms with Crippen LogP contribution in [-0.2, 0) is 9.84 Å². The minimum atomic E-state index is -2.82. The number of sulfone groups is 1. The molecule has 2 saturated heterocycles. The maximum atomic E-state index is 12.0. The number of piperazine rings is 1. The molecule has 2 atom stereocenters. The van der Waals surface area contributed by atoms with Gasteiger partial charge in [0.05, 0.1) is 11.0 Å². The van der Waals surface area contributed by atoms with E-state index in [1.165, 1.54) is 0 Å². The molecule has 4 nitrogen and oxygen atoms in total. The van der Waals surface area contributed by atoms with E-state index < -0.39 is 9.84 Å². The summed E-state index contributed by atoms with van der Waals surface area (Å²) in [5.41, 5.74) is 0.175. The van der Waals surface area contributed by atoms with Crippen LogP contribution >= 0.6 is 0 Å². The fourth-order valence-corrected chi connectivity index (χ4v) is 5.23. The first-order valence-corrected chi connectivity index (χ1v) is 9.34. The molecule has 2 aliphatic rings. The van der Waals surface area contributed by atoms with Gasteiger partial charge in [0.15, 0.2) is 9.84 Å². The molecule has 112 valence electrons. The molecule has 19 heavy (non-hydrogen) atoms. The van der Waals surface area contributed by atoms with E-state index in [1.807, 2.05) is 0 Å². The number of hydrogen-bond acceptors (Lipinski definition) is 4. The van der Waals surface area contributed by atoms with Gasteiger partial charge in [-0.05, 0) is 32.6 Å². The average Bonchev–Trinajstić information content (AvgIpc) is 2.72. The van der Waals surface area contributed by atoms with Crippen LogP contribution in [0.25, 0.3) is 0 Å². The molecule has 1 N–H and O–H groups in total. The van der Waals surface area contributed by atoms with Crippen molar-refractivity contribution in [3.63, 3.8) is 0 Å². The molecule has 0 spiro atoms. The third-order valence-electron chi connectivity index (χ3n) is 5.16. The summed E-state index contributed by atoms with van der Waals surface area (Å²) in [5.74, 6) is 0.394. The normalized spacial score (nSPS) is 34.5. The molecule has 0 aliphatic carbocycles. The lowest BCUT2D eigenvalue weighted by atomic mass is 9.88. The second-order valence-corrected chi connectivity index (χ2v) is 8.68. The van der Waals surface area contributed by atoms with Crippen LogP contribution in [0.5, 0.6) is 0 Å². The summed E-state index contributed by atoms with van der Waals surface area (Å²) < 4.78 is 24.0. The average molecular weight is 288 g/mol. The Kier molecular flexibility index (Phi) is 4.58. The monoisotopic (exact) mass is 288 g/mol. The molecule has 2 fully saturated rings. The molecule has 2 heterocycles. The highest BCUT2D eigenvalue weighted by Gasteiger charge is 2.39. The van der Waals surface area contributed by atoms with E-state index >= 15 is 0 Å². The zero-order valence-electron chi connectivity index (χ0n) is 12.5. The van der Waals surface area contributed by atoms with Crippen LogP contribution in [0.1, 0.15) is 46.5 Å². The Morgan fingerprint density at radius 1 is 1.32 bits per heavy atom. The van der Waals surface area contributed by atoms with Crippen LogP contribution in [0.15, 0.2) is 0 Å². The first-order chi connectivity index (χ1) is 8.92. The summed E-state index contributed by atoms with van der Waals surface area (Å²) in [6.07, 6.45) is 3.90. The summed E-state index contributed by atoms with van der Waals surface area (Å²) in [4.78, 5) is 2.40. The van der Waals surface area contributed by atoms with Gasteiger partial charge in [-0.25, -0.2) is 8.42 Å². The molecule has 2 rings (SSSR count). The highest BCUT2D eigenvalue weighted by atomic mass is 32.2. The molecule has 0 bridgehead atoms. The zero-order valence-corrected chi connectivity index (χ0v) is 13.3. The van der Waals surface area contributed by atoms with Gasteiger partial charge in [-0.15, -0.1) is 0 Å². The molecular formula is C14H28N2O2S. The third-order valence-corrected chi connectivity index (χ3v) is 7.41. The minimum Gasteiger partial charge on any atom is -0.308 e. The standard InChI is InChI=1S/C14H28N2O2S/c1-4-14(5-2)11-16(12(3)9-15-14)10-13-7-6-8-19(13,17)18/h12-13,15H,4-11H2,1-3H3. The molecule has 0 aromatic heterocycles. The van der Waals surface area contributed by atoms with Gasteiger partial charge in [0.25, 0.3) is 0 Å². The SMILES string of the molecule is CCC1(CC)CN(CC2CCCS2(=O)=O)C(C)CN1. The van der Waals surface area contributed by atoms with Crippen LogP contribution in [0.4, 0.5) is 0 Å². The maximum absolute atomic E-state index is 12.0. The van der Waals surface area contributed by atoms with Crippen molar-refractivity contribution in [2.45, 2.75) is 63.3 Å². The Bertz CT molecular complexity index is 404. The van der Waals surface area contributed by atoms with E-state index in [0.717, 1.165) is 45.3 Å². The van der Waals surface area contributed by atoms with Crippen LogP contribution in [0, 0.1) is 0 Å². The van der Waals surface area contributed by atoms with Crippen molar-refractivity contribution in [3.05, 3.63) is 0 Å². The van der Waals surface area contributed by atoms with Crippen molar-refractivity contribution < 1.29 is 8.42 Å². The van der Waals surface area contributed by atoms with Gasteiger partial charge in [-0.3, -0.25) is 4.90 Å². The first kappa shape index (κ1) is 15.3. The Labute approximate surface area is 117 Å². The van der Waals surface area contributed by atoms with Crippen molar-refractivity contribution >= 4 is 9.84 Å². The number of nitrogens with one attached hydrogen (secondary N) is 1. The summed E-state index contributed by atoms with van der Waals surface area (Å²) in [7, 11) is -2.82. The first-order valence-electron chi connectivity index (χ1n) is 7.63. The van der Waals surface area contributed by atoms with Crippen molar-refractivity contribution in [1.82, 2.24) is 10.2 Å². The van der Waals surface area contributed by atoms with E-state index in [-0.39, 0.29) is 10.8 Å². The zero-order chi connectivity index (χ0) is 14.1. The van der Waals surface area contributed by atoms with Crippen molar-refractivity contribution in [3.8, 4) is 0 Å². The molecule has 2 aliphatic heterocycles. The van der Waals surface area contributed by atoms with Crippen molar-refractivity contribution in [2.75, 3.05) is 25.4 Å². The summed E-state index contributed by atoms with van der Waals surface area (Å²) in [5, 5.41) is 3.54. The highest BCUT2D eigenvalue weighted by Crippen LogP contribution is 2.26. The number of nitrogens with zero attached hydrogens (tertiary/aromatic N) is 1. The molecular weight excluding hydrogens is 260 g/mol. The highest BCUT2D eigenvalue weighted by molar-refractivity contribution is 7.92. The van der Waals surface area contributed by atoms with E-state index in [9.17, 15) is 8.42 Å². The van der Waals surface area contributed by atoms with Crippen LogP contribution in [0.3, 0.4) is 0 Å². The van der Waals surface area contributed by atoms with E-state index in [0.29, 0.717) is 11.8 Å². The predicted molar refractivity (Wildman–Crippen MR) is 79.2 cm³/mol. The third kappa shape index (κ3) is 3.14. The Morgan fingerprint density at radius 2 is 2.00 bits per heavy atom. The number of rotatable bonds is 4. The fraction of sp³-hybridized carbons (Fsp3) is 1.00. The predicted octanol–water partition coefficient (Wildman–Crippen LogP) is 1.42.